The van der Waals surface area contributed by atoms with E-state index < -0.39 is 12.2 Å². The third-order valence-corrected chi connectivity index (χ3v) is 10.6. The Morgan fingerprint density at radius 3 is 1.65 bits per heavy atom. The fraction of sp³-hybridized carbons (Fsp3) is 0.571. The molecule has 0 fully saturated rings. The van der Waals surface area contributed by atoms with Gasteiger partial charge in [0.1, 0.15) is 36.9 Å². The van der Waals surface area contributed by atoms with E-state index in [4.69, 9.17) is 18.9 Å². The molecule has 4 unspecified atom stereocenters. The van der Waals surface area contributed by atoms with Gasteiger partial charge in [0.2, 0.25) is 0 Å². The maximum absolute atomic E-state index is 10.9. The van der Waals surface area contributed by atoms with Crippen LogP contribution in [0, 0.1) is 11.8 Å². The largest absolute Gasteiger partial charge is 0.490 e. The summed E-state index contributed by atoms with van der Waals surface area (Å²) in [5.74, 6) is 2.91. The van der Waals surface area contributed by atoms with Gasteiger partial charge in [0.05, 0.1) is 13.2 Å². The predicted octanol–water partition coefficient (Wildman–Crippen LogP) is 9.56. The summed E-state index contributed by atoms with van der Waals surface area (Å²) in [7, 11) is 0. The quantitative estimate of drug-likeness (QED) is 0.0906. The van der Waals surface area contributed by atoms with Crippen molar-refractivity contribution in [2.75, 3.05) is 39.6 Å². The molecular formula is C42H60O6S. The van der Waals surface area contributed by atoms with Crippen LogP contribution >= 0.6 is 11.8 Å². The molecule has 0 aliphatic heterocycles. The number of aliphatic hydroxyl groups excluding tert-OH is 2. The summed E-state index contributed by atoms with van der Waals surface area (Å²) in [5, 5.41) is 23.6. The van der Waals surface area contributed by atoms with E-state index in [0.717, 1.165) is 59.1 Å². The van der Waals surface area contributed by atoms with E-state index in [1.54, 1.807) is 11.8 Å². The molecule has 1 aliphatic carbocycles. The molecule has 2 N–H and O–H groups in total. The van der Waals surface area contributed by atoms with Gasteiger partial charge in [-0.1, -0.05) is 127 Å². The van der Waals surface area contributed by atoms with Crippen molar-refractivity contribution in [2.45, 2.75) is 109 Å². The molecule has 49 heavy (non-hydrogen) atoms. The average Bonchev–Trinajstić information content (AvgIpc) is 3.12. The Morgan fingerprint density at radius 1 is 0.633 bits per heavy atom. The van der Waals surface area contributed by atoms with Crippen LogP contribution in [0.1, 0.15) is 90.2 Å². The monoisotopic (exact) mass is 692 g/mol. The number of aliphatic hydroxyl groups is 2. The molecule has 0 bridgehead atoms. The summed E-state index contributed by atoms with van der Waals surface area (Å²) in [6, 6.07) is 18.5. The highest BCUT2D eigenvalue weighted by molar-refractivity contribution is 8.03. The fourth-order valence-corrected chi connectivity index (χ4v) is 7.69. The highest BCUT2D eigenvalue weighted by Gasteiger charge is 2.26. The molecule has 270 valence electrons. The van der Waals surface area contributed by atoms with Crippen LogP contribution in [0.25, 0.3) is 10.8 Å². The highest BCUT2D eigenvalue weighted by atomic mass is 32.2. The van der Waals surface area contributed by atoms with Crippen LogP contribution in [0.2, 0.25) is 0 Å². The normalized spacial score (nSPS) is 15.3. The van der Waals surface area contributed by atoms with Gasteiger partial charge in [0.15, 0.2) is 0 Å². The predicted molar refractivity (Wildman–Crippen MR) is 203 cm³/mol. The molecule has 4 atom stereocenters. The molecule has 0 saturated heterocycles. The number of fused-ring (bicyclic) bond motifs is 2. The van der Waals surface area contributed by atoms with E-state index >= 15 is 0 Å². The van der Waals surface area contributed by atoms with Crippen LogP contribution in [-0.4, -0.2) is 62.1 Å². The zero-order chi connectivity index (χ0) is 34.8. The molecule has 0 radical (unpaired) electrons. The molecule has 0 amide bonds. The molecule has 0 heterocycles. The highest BCUT2D eigenvalue weighted by Crippen LogP contribution is 2.46. The van der Waals surface area contributed by atoms with Crippen molar-refractivity contribution < 1.29 is 29.2 Å². The van der Waals surface area contributed by atoms with Crippen molar-refractivity contribution >= 4 is 22.5 Å². The molecule has 0 spiro atoms. The fourth-order valence-electron chi connectivity index (χ4n) is 6.71. The van der Waals surface area contributed by atoms with E-state index in [0.29, 0.717) is 37.9 Å². The van der Waals surface area contributed by atoms with E-state index in [9.17, 15) is 10.2 Å². The number of hydrogen-bond acceptors (Lipinski definition) is 7. The van der Waals surface area contributed by atoms with Crippen LogP contribution in [0.3, 0.4) is 0 Å². The summed E-state index contributed by atoms with van der Waals surface area (Å²) >= 11 is 1.77. The lowest BCUT2D eigenvalue weighted by Gasteiger charge is -2.26. The zero-order valence-corrected chi connectivity index (χ0v) is 31.1. The lowest BCUT2D eigenvalue weighted by atomic mass is 9.90. The maximum Gasteiger partial charge on any atom is 0.131 e. The molecule has 3 aromatic carbocycles. The summed E-state index contributed by atoms with van der Waals surface area (Å²) in [6.45, 7) is 11.0. The van der Waals surface area contributed by atoms with Crippen LogP contribution in [0.4, 0.5) is 0 Å². The summed E-state index contributed by atoms with van der Waals surface area (Å²) in [6.07, 6.45) is 11.3. The van der Waals surface area contributed by atoms with Crippen molar-refractivity contribution in [1.29, 1.82) is 0 Å². The van der Waals surface area contributed by atoms with Gasteiger partial charge in [-0.05, 0) is 48.1 Å². The minimum absolute atomic E-state index is 0.140. The lowest BCUT2D eigenvalue weighted by molar-refractivity contribution is 0.00740. The Labute approximate surface area is 299 Å². The average molecular weight is 693 g/mol. The Bertz CT molecular complexity index is 1410. The molecule has 0 saturated carbocycles. The van der Waals surface area contributed by atoms with E-state index in [1.165, 1.54) is 35.5 Å². The van der Waals surface area contributed by atoms with Gasteiger partial charge in [-0.25, -0.2) is 0 Å². The second-order valence-electron chi connectivity index (χ2n) is 13.4. The third kappa shape index (κ3) is 12.3. The van der Waals surface area contributed by atoms with Crippen molar-refractivity contribution in [2.24, 2.45) is 11.8 Å². The molecule has 4 rings (SSSR count). The zero-order valence-electron chi connectivity index (χ0n) is 30.3. The molecule has 3 aromatic rings. The topological polar surface area (TPSA) is 77.4 Å². The van der Waals surface area contributed by atoms with Crippen LogP contribution in [-0.2, 0) is 22.3 Å². The summed E-state index contributed by atoms with van der Waals surface area (Å²) < 4.78 is 24.7. The third-order valence-electron chi connectivity index (χ3n) is 9.56. The molecule has 1 aliphatic rings. The number of ether oxygens (including phenoxy) is 4. The molecule has 6 nitrogen and oxygen atoms in total. The number of allylic oxidation sites excluding steroid dienone is 2. The second-order valence-corrected chi connectivity index (χ2v) is 14.6. The first-order valence-corrected chi connectivity index (χ1v) is 19.5. The first-order valence-electron chi connectivity index (χ1n) is 18.7. The molecular weight excluding hydrogens is 633 g/mol. The van der Waals surface area contributed by atoms with Crippen LogP contribution in [0.15, 0.2) is 70.5 Å². The minimum Gasteiger partial charge on any atom is -0.490 e. The summed E-state index contributed by atoms with van der Waals surface area (Å²) in [4.78, 5) is 2.44. The lowest BCUT2D eigenvalue weighted by Crippen LogP contribution is -2.25. The van der Waals surface area contributed by atoms with Crippen molar-refractivity contribution in [3.8, 4) is 11.5 Å². The van der Waals surface area contributed by atoms with Gasteiger partial charge in [-0.15, -0.1) is 0 Å². The Morgan fingerprint density at radius 2 is 1.14 bits per heavy atom. The van der Waals surface area contributed by atoms with Crippen LogP contribution < -0.4 is 9.47 Å². The Hall–Kier alpha value is -2.55. The first kappa shape index (κ1) is 39.2. The first-order chi connectivity index (χ1) is 24.0. The molecule has 7 heteroatoms. The SMILES string of the molecule is CCCC(CC)CCOCC(O)COc1c2c(c(OCC(O)COCCC(CC)CCC)c3ccccc13)CC(Sc1ccccc1)=CC2. The number of benzene rings is 3. The number of rotatable bonds is 24. The van der Waals surface area contributed by atoms with Gasteiger partial charge >= 0.3 is 0 Å². The smallest absolute Gasteiger partial charge is 0.131 e. The standard InChI is InChI=1S/C42H60O6S/c1-5-14-31(7-3)22-24-45-27-33(43)29-47-41-37-18-12-13-19-38(37)42(48-30-34(44)28-46-25-23-32(8-4)15-6-2)40-26-36(20-21-39(40)41)49-35-16-10-9-11-17-35/h9-13,16-20,31-34,43-44H,5-8,14-15,21-30H2,1-4H3. The second kappa shape index (κ2) is 21.6. The minimum atomic E-state index is -0.737. The van der Waals surface area contributed by atoms with Gasteiger partial charge in [0.25, 0.3) is 0 Å². The van der Waals surface area contributed by atoms with Gasteiger partial charge < -0.3 is 29.2 Å². The van der Waals surface area contributed by atoms with Gasteiger partial charge in [-0.3, -0.25) is 0 Å². The van der Waals surface area contributed by atoms with Gasteiger partial charge in [-0.2, -0.15) is 0 Å². The van der Waals surface area contributed by atoms with Crippen LogP contribution in [0.5, 0.6) is 11.5 Å². The van der Waals surface area contributed by atoms with Gasteiger partial charge in [0, 0.05) is 46.4 Å². The van der Waals surface area contributed by atoms with E-state index in [2.05, 4.69) is 70.2 Å². The Kier molecular flexibility index (Phi) is 17.3. The number of hydrogen-bond donors (Lipinski definition) is 2. The van der Waals surface area contributed by atoms with E-state index in [1.807, 2.05) is 18.2 Å². The van der Waals surface area contributed by atoms with Crippen molar-refractivity contribution in [3.05, 3.63) is 76.7 Å². The van der Waals surface area contributed by atoms with E-state index in [-0.39, 0.29) is 26.4 Å². The summed E-state index contributed by atoms with van der Waals surface area (Å²) in [5.41, 5.74) is 2.14. The van der Waals surface area contributed by atoms with Crippen molar-refractivity contribution in [3.63, 3.8) is 0 Å². The maximum atomic E-state index is 10.9. The Balaban J connectivity index is 1.48. The molecule has 0 aromatic heterocycles. The van der Waals surface area contributed by atoms with Crippen molar-refractivity contribution in [1.82, 2.24) is 0 Å². The number of thioether (sulfide) groups is 1.